The van der Waals surface area contributed by atoms with E-state index in [-0.39, 0.29) is 0 Å². The molecule has 1 fully saturated rings. The summed E-state index contributed by atoms with van der Waals surface area (Å²) in [6, 6.07) is 0. The van der Waals surface area contributed by atoms with Crippen LogP contribution in [0.3, 0.4) is 0 Å². The molecule has 0 aromatic rings. The SMILES string of the molecule is C=CC(CC(C)(C)C)C1CCCCC1. The first-order valence-electron chi connectivity index (χ1n) is 6.15. The maximum atomic E-state index is 4.02. The van der Waals surface area contributed by atoms with Crippen molar-refractivity contribution in [1.82, 2.24) is 0 Å². The van der Waals surface area contributed by atoms with Gasteiger partial charge < -0.3 is 0 Å². The molecule has 0 aliphatic heterocycles. The standard InChI is InChI=1S/C14H26/c1-5-12(11-14(2,3)4)13-9-7-6-8-10-13/h5,12-13H,1,6-11H2,2-4H3. The second kappa shape index (κ2) is 5.00. The quantitative estimate of drug-likeness (QED) is 0.566. The molecule has 0 spiro atoms. The Kier molecular flexibility index (Phi) is 4.22. The van der Waals surface area contributed by atoms with Crippen molar-refractivity contribution in [2.75, 3.05) is 0 Å². The van der Waals surface area contributed by atoms with Gasteiger partial charge in [-0.1, -0.05) is 46.1 Å². The summed E-state index contributed by atoms with van der Waals surface area (Å²) < 4.78 is 0. The molecule has 0 aromatic heterocycles. The van der Waals surface area contributed by atoms with Crippen molar-refractivity contribution in [3.8, 4) is 0 Å². The van der Waals surface area contributed by atoms with Crippen LogP contribution in [0.5, 0.6) is 0 Å². The molecule has 0 heteroatoms. The Morgan fingerprint density at radius 1 is 1.21 bits per heavy atom. The Morgan fingerprint density at radius 2 is 1.79 bits per heavy atom. The Morgan fingerprint density at radius 3 is 2.21 bits per heavy atom. The van der Waals surface area contributed by atoms with Crippen LogP contribution in [0.4, 0.5) is 0 Å². The molecule has 0 radical (unpaired) electrons. The maximum Gasteiger partial charge on any atom is -0.0203 e. The van der Waals surface area contributed by atoms with Crippen LogP contribution in [0.1, 0.15) is 59.3 Å². The van der Waals surface area contributed by atoms with Crippen molar-refractivity contribution in [2.24, 2.45) is 17.3 Å². The molecule has 0 aromatic carbocycles. The molecule has 1 saturated carbocycles. The van der Waals surface area contributed by atoms with Crippen molar-refractivity contribution < 1.29 is 0 Å². The minimum Gasteiger partial charge on any atom is -0.103 e. The Labute approximate surface area is 89.8 Å². The van der Waals surface area contributed by atoms with Gasteiger partial charge in [-0.05, 0) is 36.5 Å². The van der Waals surface area contributed by atoms with Gasteiger partial charge in [-0.3, -0.25) is 0 Å². The lowest BCUT2D eigenvalue weighted by molar-refractivity contribution is 0.218. The highest BCUT2D eigenvalue weighted by Crippen LogP contribution is 2.37. The summed E-state index contributed by atoms with van der Waals surface area (Å²) in [6.45, 7) is 11.0. The predicted molar refractivity (Wildman–Crippen MR) is 64.3 cm³/mol. The van der Waals surface area contributed by atoms with Crippen LogP contribution in [-0.2, 0) is 0 Å². The minimum absolute atomic E-state index is 0.455. The van der Waals surface area contributed by atoms with Gasteiger partial charge in [0.25, 0.3) is 0 Å². The smallest absolute Gasteiger partial charge is 0.0203 e. The summed E-state index contributed by atoms with van der Waals surface area (Å²) in [5.41, 5.74) is 0.455. The number of hydrogen-bond donors (Lipinski definition) is 0. The molecule has 1 atom stereocenters. The molecule has 0 amide bonds. The Balaban J connectivity index is 2.47. The third-order valence-electron chi connectivity index (χ3n) is 3.41. The highest BCUT2D eigenvalue weighted by atomic mass is 14.3. The molecule has 0 bridgehead atoms. The van der Waals surface area contributed by atoms with E-state index in [2.05, 4.69) is 33.4 Å². The molecule has 14 heavy (non-hydrogen) atoms. The fourth-order valence-corrected chi connectivity index (χ4v) is 2.71. The zero-order chi connectivity index (χ0) is 10.6. The summed E-state index contributed by atoms with van der Waals surface area (Å²) in [7, 11) is 0. The van der Waals surface area contributed by atoms with Crippen molar-refractivity contribution in [3.63, 3.8) is 0 Å². The second-order valence-electron chi connectivity index (χ2n) is 6.06. The van der Waals surface area contributed by atoms with Gasteiger partial charge in [0.1, 0.15) is 0 Å². The fourth-order valence-electron chi connectivity index (χ4n) is 2.71. The average Bonchev–Trinajstić information content (AvgIpc) is 2.14. The molecule has 0 heterocycles. The van der Waals surface area contributed by atoms with Crippen LogP contribution in [0.15, 0.2) is 12.7 Å². The van der Waals surface area contributed by atoms with Gasteiger partial charge in [0, 0.05) is 0 Å². The van der Waals surface area contributed by atoms with Gasteiger partial charge in [0.2, 0.25) is 0 Å². The first-order valence-corrected chi connectivity index (χ1v) is 6.15. The van der Waals surface area contributed by atoms with E-state index in [1.165, 1.54) is 38.5 Å². The van der Waals surface area contributed by atoms with Crippen molar-refractivity contribution in [2.45, 2.75) is 59.3 Å². The third kappa shape index (κ3) is 3.86. The van der Waals surface area contributed by atoms with Crippen LogP contribution in [-0.4, -0.2) is 0 Å². The van der Waals surface area contributed by atoms with E-state index in [0.29, 0.717) is 5.41 Å². The second-order valence-corrected chi connectivity index (χ2v) is 6.06. The van der Waals surface area contributed by atoms with Crippen LogP contribution < -0.4 is 0 Å². The van der Waals surface area contributed by atoms with Crippen LogP contribution in [0.25, 0.3) is 0 Å². The van der Waals surface area contributed by atoms with E-state index in [9.17, 15) is 0 Å². The predicted octanol–water partition coefficient (Wildman–Crippen LogP) is 4.81. The van der Waals surface area contributed by atoms with Crippen molar-refractivity contribution in [1.29, 1.82) is 0 Å². The zero-order valence-corrected chi connectivity index (χ0v) is 10.2. The molecule has 0 nitrogen and oxygen atoms in total. The molecule has 1 aliphatic rings. The molecule has 1 aliphatic carbocycles. The highest BCUT2D eigenvalue weighted by Gasteiger charge is 2.25. The van der Waals surface area contributed by atoms with E-state index in [1.54, 1.807) is 0 Å². The number of hydrogen-bond acceptors (Lipinski definition) is 0. The molecule has 0 saturated heterocycles. The van der Waals surface area contributed by atoms with Gasteiger partial charge in [0.15, 0.2) is 0 Å². The molecule has 1 unspecified atom stereocenters. The van der Waals surface area contributed by atoms with Gasteiger partial charge in [-0.25, -0.2) is 0 Å². The first kappa shape index (κ1) is 11.8. The molecule has 0 N–H and O–H groups in total. The maximum absolute atomic E-state index is 4.02. The van der Waals surface area contributed by atoms with Crippen LogP contribution >= 0.6 is 0 Å². The van der Waals surface area contributed by atoms with Gasteiger partial charge in [-0.15, -0.1) is 6.58 Å². The Hall–Kier alpha value is -0.260. The monoisotopic (exact) mass is 194 g/mol. The first-order chi connectivity index (χ1) is 6.53. The van der Waals surface area contributed by atoms with E-state index in [1.807, 2.05) is 0 Å². The third-order valence-corrected chi connectivity index (χ3v) is 3.41. The number of rotatable bonds is 3. The highest BCUT2D eigenvalue weighted by molar-refractivity contribution is 4.88. The largest absolute Gasteiger partial charge is 0.103 e. The lowest BCUT2D eigenvalue weighted by Gasteiger charge is -2.32. The molecule has 1 rings (SSSR count). The van der Waals surface area contributed by atoms with Crippen LogP contribution in [0.2, 0.25) is 0 Å². The topological polar surface area (TPSA) is 0 Å². The number of allylic oxidation sites excluding steroid dienone is 1. The normalized spacial score (nSPS) is 21.9. The summed E-state index contributed by atoms with van der Waals surface area (Å²) >= 11 is 0. The lowest BCUT2D eigenvalue weighted by atomic mass is 9.73. The molecule has 82 valence electrons. The van der Waals surface area contributed by atoms with Gasteiger partial charge in [-0.2, -0.15) is 0 Å². The molecular formula is C14H26. The summed E-state index contributed by atoms with van der Waals surface area (Å²) in [5, 5.41) is 0. The fraction of sp³-hybridized carbons (Fsp3) is 0.857. The average molecular weight is 194 g/mol. The minimum atomic E-state index is 0.455. The Bertz CT molecular complexity index is 167. The lowest BCUT2D eigenvalue weighted by Crippen LogP contribution is -2.21. The van der Waals surface area contributed by atoms with E-state index >= 15 is 0 Å². The summed E-state index contributed by atoms with van der Waals surface area (Å²) in [6.07, 6.45) is 10.7. The summed E-state index contributed by atoms with van der Waals surface area (Å²) in [4.78, 5) is 0. The van der Waals surface area contributed by atoms with Crippen LogP contribution in [0, 0.1) is 17.3 Å². The molecular weight excluding hydrogens is 168 g/mol. The van der Waals surface area contributed by atoms with E-state index in [4.69, 9.17) is 0 Å². The van der Waals surface area contributed by atoms with Crippen molar-refractivity contribution >= 4 is 0 Å². The van der Waals surface area contributed by atoms with E-state index < -0.39 is 0 Å². The summed E-state index contributed by atoms with van der Waals surface area (Å²) in [5.74, 6) is 1.69. The van der Waals surface area contributed by atoms with E-state index in [0.717, 1.165) is 11.8 Å². The zero-order valence-electron chi connectivity index (χ0n) is 10.2. The van der Waals surface area contributed by atoms with Gasteiger partial charge >= 0.3 is 0 Å². The van der Waals surface area contributed by atoms with Gasteiger partial charge in [0.05, 0.1) is 0 Å². The van der Waals surface area contributed by atoms with Crippen molar-refractivity contribution in [3.05, 3.63) is 12.7 Å².